The Morgan fingerprint density at radius 1 is 1.19 bits per heavy atom. The summed E-state index contributed by atoms with van der Waals surface area (Å²) in [4.78, 5) is 37.6. The zero-order chi connectivity index (χ0) is 21.8. The molecule has 1 fully saturated rings. The van der Waals surface area contributed by atoms with Crippen molar-refractivity contribution in [1.82, 2.24) is 20.2 Å². The minimum atomic E-state index is -0.302. The van der Waals surface area contributed by atoms with Crippen molar-refractivity contribution in [2.75, 3.05) is 36.9 Å². The summed E-state index contributed by atoms with van der Waals surface area (Å²) in [6.07, 6.45) is 2.30. The number of hydrogen-bond donors (Lipinski definition) is 2. The van der Waals surface area contributed by atoms with E-state index in [9.17, 15) is 9.59 Å². The molecule has 0 bridgehead atoms. The fourth-order valence-electron chi connectivity index (χ4n) is 3.50. The van der Waals surface area contributed by atoms with Crippen LogP contribution in [0.2, 0.25) is 0 Å². The quantitative estimate of drug-likeness (QED) is 0.546. The standard InChI is InChI=1S/C22H26N6O2S/c1-15-6-8-16(9-7-15)27(2)18-11-10-17-20(25-18)31-22(24-17)26-21(30)23-12-4-14-28-13-3-5-19(28)29/h6-11H,3-5,12-14H2,1-2H3,(H2,23,24,26,30). The summed E-state index contributed by atoms with van der Waals surface area (Å²) in [7, 11) is 1.97. The van der Waals surface area contributed by atoms with Crippen molar-refractivity contribution in [2.24, 2.45) is 0 Å². The third-order valence-electron chi connectivity index (χ3n) is 5.29. The fraction of sp³-hybridized carbons (Fsp3) is 0.364. The summed E-state index contributed by atoms with van der Waals surface area (Å²) < 4.78 is 0. The van der Waals surface area contributed by atoms with Crippen LogP contribution in [0.5, 0.6) is 0 Å². The molecule has 2 aromatic heterocycles. The van der Waals surface area contributed by atoms with Crippen LogP contribution in [0.25, 0.3) is 10.3 Å². The summed E-state index contributed by atoms with van der Waals surface area (Å²) in [5.74, 6) is 1.02. The van der Waals surface area contributed by atoms with Gasteiger partial charge in [-0.15, -0.1) is 0 Å². The topological polar surface area (TPSA) is 90.5 Å². The maximum absolute atomic E-state index is 12.2. The number of carbonyl (C=O) groups is 2. The smallest absolute Gasteiger partial charge is 0.321 e. The Labute approximate surface area is 185 Å². The summed E-state index contributed by atoms with van der Waals surface area (Å²) in [6, 6.07) is 11.8. The van der Waals surface area contributed by atoms with Gasteiger partial charge in [-0.1, -0.05) is 29.0 Å². The van der Waals surface area contributed by atoms with Crippen molar-refractivity contribution in [3.63, 3.8) is 0 Å². The van der Waals surface area contributed by atoms with E-state index >= 15 is 0 Å². The van der Waals surface area contributed by atoms with E-state index in [4.69, 9.17) is 4.98 Å². The molecule has 3 heterocycles. The van der Waals surface area contributed by atoms with Crippen LogP contribution in [-0.4, -0.2) is 53.5 Å². The van der Waals surface area contributed by atoms with Gasteiger partial charge in [0.05, 0.1) is 0 Å². The largest absolute Gasteiger partial charge is 0.343 e. The lowest BCUT2D eigenvalue weighted by molar-refractivity contribution is -0.127. The van der Waals surface area contributed by atoms with E-state index in [1.807, 2.05) is 29.0 Å². The highest BCUT2D eigenvalue weighted by Crippen LogP contribution is 2.29. The highest BCUT2D eigenvalue weighted by molar-refractivity contribution is 7.22. The van der Waals surface area contributed by atoms with Gasteiger partial charge in [0.1, 0.15) is 16.2 Å². The molecule has 0 atom stereocenters. The Morgan fingerprint density at radius 2 is 2.00 bits per heavy atom. The maximum atomic E-state index is 12.2. The number of carbonyl (C=O) groups excluding carboxylic acids is 2. The number of thiazole rings is 1. The Hall–Kier alpha value is -3.20. The van der Waals surface area contributed by atoms with Crippen molar-refractivity contribution >= 4 is 50.3 Å². The van der Waals surface area contributed by atoms with Crippen LogP contribution in [0.4, 0.5) is 21.4 Å². The average molecular weight is 439 g/mol. The molecule has 3 amide bonds. The minimum absolute atomic E-state index is 0.207. The Morgan fingerprint density at radius 3 is 2.74 bits per heavy atom. The van der Waals surface area contributed by atoms with E-state index in [1.54, 1.807) is 0 Å². The number of nitrogens with zero attached hydrogens (tertiary/aromatic N) is 4. The SMILES string of the molecule is Cc1ccc(N(C)c2ccc3nc(NC(=O)NCCCN4CCCC4=O)sc3n2)cc1. The van der Waals surface area contributed by atoms with Crippen LogP contribution in [0, 0.1) is 6.92 Å². The summed E-state index contributed by atoms with van der Waals surface area (Å²) in [6.45, 7) is 4.07. The number of rotatable bonds is 7. The number of likely N-dealkylation sites (tertiary alicyclic amines) is 1. The van der Waals surface area contributed by atoms with Gasteiger partial charge < -0.3 is 15.1 Å². The molecule has 3 aromatic rings. The molecule has 1 aliphatic heterocycles. The van der Waals surface area contributed by atoms with Gasteiger partial charge in [0, 0.05) is 38.8 Å². The average Bonchev–Trinajstić information content (AvgIpc) is 3.35. The molecule has 0 aliphatic carbocycles. The van der Waals surface area contributed by atoms with Gasteiger partial charge in [-0.25, -0.2) is 14.8 Å². The zero-order valence-corrected chi connectivity index (χ0v) is 18.5. The van der Waals surface area contributed by atoms with Gasteiger partial charge in [0.15, 0.2) is 5.13 Å². The van der Waals surface area contributed by atoms with Gasteiger partial charge in [-0.2, -0.15) is 0 Å². The number of amides is 3. The third-order valence-corrected chi connectivity index (χ3v) is 6.17. The van der Waals surface area contributed by atoms with E-state index in [0.29, 0.717) is 24.6 Å². The van der Waals surface area contributed by atoms with Gasteiger partial charge >= 0.3 is 6.03 Å². The van der Waals surface area contributed by atoms with Gasteiger partial charge in [0.2, 0.25) is 5.91 Å². The molecule has 162 valence electrons. The third kappa shape index (κ3) is 5.11. The Kier molecular flexibility index (Phi) is 6.31. The van der Waals surface area contributed by atoms with Crippen LogP contribution < -0.4 is 15.5 Å². The van der Waals surface area contributed by atoms with Crippen LogP contribution in [0.1, 0.15) is 24.8 Å². The maximum Gasteiger partial charge on any atom is 0.321 e. The number of hydrogen-bond acceptors (Lipinski definition) is 6. The number of pyridine rings is 1. The molecule has 0 unspecified atom stereocenters. The molecule has 2 N–H and O–H groups in total. The molecule has 1 aromatic carbocycles. The van der Waals surface area contributed by atoms with Crippen LogP contribution in [-0.2, 0) is 4.79 Å². The van der Waals surface area contributed by atoms with E-state index < -0.39 is 0 Å². The monoisotopic (exact) mass is 438 g/mol. The number of urea groups is 1. The van der Waals surface area contributed by atoms with Crippen molar-refractivity contribution in [2.45, 2.75) is 26.2 Å². The number of nitrogens with one attached hydrogen (secondary N) is 2. The van der Waals surface area contributed by atoms with E-state index in [1.165, 1.54) is 16.9 Å². The van der Waals surface area contributed by atoms with Crippen molar-refractivity contribution in [3.8, 4) is 0 Å². The van der Waals surface area contributed by atoms with Crippen LogP contribution in [0.3, 0.4) is 0 Å². The predicted octanol–water partition coefficient (Wildman–Crippen LogP) is 3.90. The molecule has 8 nitrogen and oxygen atoms in total. The summed E-state index contributed by atoms with van der Waals surface area (Å²) >= 11 is 1.34. The lowest BCUT2D eigenvalue weighted by Crippen LogP contribution is -2.32. The number of aromatic nitrogens is 2. The zero-order valence-electron chi connectivity index (χ0n) is 17.7. The second kappa shape index (κ2) is 9.30. The van der Waals surface area contributed by atoms with E-state index in [-0.39, 0.29) is 11.9 Å². The first-order valence-corrected chi connectivity index (χ1v) is 11.2. The molecule has 1 aliphatic rings. The second-order valence-electron chi connectivity index (χ2n) is 7.63. The first kappa shape index (κ1) is 21.0. The first-order valence-electron chi connectivity index (χ1n) is 10.4. The first-order chi connectivity index (χ1) is 15.0. The Bertz CT molecular complexity index is 1080. The second-order valence-corrected chi connectivity index (χ2v) is 8.60. The predicted molar refractivity (Wildman–Crippen MR) is 124 cm³/mol. The lowest BCUT2D eigenvalue weighted by atomic mass is 10.2. The molecule has 1 saturated heterocycles. The van der Waals surface area contributed by atoms with Gasteiger partial charge in [0.25, 0.3) is 0 Å². The minimum Gasteiger partial charge on any atom is -0.343 e. The molecule has 4 rings (SSSR count). The number of fused-ring (bicyclic) bond motifs is 1. The number of anilines is 3. The highest BCUT2D eigenvalue weighted by atomic mass is 32.1. The molecule has 0 spiro atoms. The van der Waals surface area contributed by atoms with Crippen molar-refractivity contribution in [3.05, 3.63) is 42.0 Å². The Balaban J connectivity index is 1.32. The van der Waals surface area contributed by atoms with E-state index in [2.05, 4.69) is 46.8 Å². The fourth-order valence-corrected chi connectivity index (χ4v) is 4.33. The van der Waals surface area contributed by atoms with E-state index in [0.717, 1.165) is 41.2 Å². The van der Waals surface area contributed by atoms with Crippen molar-refractivity contribution in [1.29, 1.82) is 0 Å². The molecular weight excluding hydrogens is 412 g/mol. The molecule has 0 saturated carbocycles. The highest BCUT2D eigenvalue weighted by Gasteiger charge is 2.19. The molecule has 0 radical (unpaired) electrons. The summed E-state index contributed by atoms with van der Waals surface area (Å²) in [5, 5.41) is 6.10. The molecular formula is C22H26N6O2S. The number of aryl methyl sites for hydroxylation is 1. The van der Waals surface area contributed by atoms with Crippen LogP contribution in [0.15, 0.2) is 36.4 Å². The summed E-state index contributed by atoms with van der Waals surface area (Å²) in [5.41, 5.74) is 3.01. The van der Waals surface area contributed by atoms with Gasteiger partial charge in [-0.05, 0) is 44.0 Å². The normalized spacial score (nSPS) is 13.6. The van der Waals surface area contributed by atoms with Crippen LogP contribution >= 0.6 is 11.3 Å². The molecule has 31 heavy (non-hydrogen) atoms. The number of benzene rings is 1. The van der Waals surface area contributed by atoms with Crippen molar-refractivity contribution < 1.29 is 9.59 Å². The lowest BCUT2D eigenvalue weighted by Gasteiger charge is -2.18. The molecule has 9 heteroatoms. The van der Waals surface area contributed by atoms with Gasteiger partial charge in [-0.3, -0.25) is 10.1 Å².